The van der Waals surface area contributed by atoms with Crippen molar-refractivity contribution in [2.45, 2.75) is 38.4 Å². The van der Waals surface area contributed by atoms with E-state index in [1.54, 1.807) is 13.8 Å². The molecule has 8 nitrogen and oxygen atoms in total. The van der Waals surface area contributed by atoms with Crippen LogP contribution < -0.4 is 10.6 Å². The molecular weight excluding hydrogens is 494 g/mol. The molecule has 0 saturated heterocycles. The van der Waals surface area contributed by atoms with E-state index in [2.05, 4.69) is 22.8 Å². The van der Waals surface area contributed by atoms with Crippen molar-refractivity contribution in [1.29, 1.82) is 0 Å². The second kappa shape index (κ2) is 12.6. The summed E-state index contributed by atoms with van der Waals surface area (Å²) in [5, 5.41) is 14.8. The number of amides is 2. The fourth-order valence-corrected chi connectivity index (χ4v) is 5.02. The number of benzene rings is 3. The van der Waals surface area contributed by atoms with Crippen LogP contribution in [0.5, 0.6) is 0 Å². The van der Waals surface area contributed by atoms with Crippen molar-refractivity contribution in [3.8, 4) is 11.1 Å². The SMILES string of the molecule is CC(C)[C@H](NC(=O)C(CN(C)Cc1ccccc1)NC(=O)OCC1c2ccccc2-c2ccccc21)C(=O)O. The highest BCUT2D eigenvalue weighted by atomic mass is 16.5. The zero-order valence-corrected chi connectivity index (χ0v) is 22.5. The van der Waals surface area contributed by atoms with Crippen LogP contribution in [0.4, 0.5) is 4.79 Å². The van der Waals surface area contributed by atoms with Crippen LogP contribution in [0.15, 0.2) is 78.9 Å². The summed E-state index contributed by atoms with van der Waals surface area (Å²) in [6, 6.07) is 23.7. The molecule has 3 aromatic rings. The van der Waals surface area contributed by atoms with Gasteiger partial charge < -0.3 is 20.5 Å². The number of carboxylic acid groups (broad SMARTS) is 1. The number of fused-ring (bicyclic) bond motifs is 3. The summed E-state index contributed by atoms with van der Waals surface area (Å²) in [5.74, 6) is -2.16. The molecule has 0 bridgehead atoms. The van der Waals surface area contributed by atoms with Crippen LogP contribution in [-0.4, -0.2) is 60.3 Å². The molecular formula is C31H35N3O5. The summed E-state index contributed by atoms with van der Waals surface area (Å²) < 4.78 is 5.66. The molecule has 1 unspecified atom stereocenters. The first-order valence-electron chi connectivity index (χ1n) is 13.1. The molecule has 0 saturated carbocycles. The van der Waals surface area contributed by atoms with Gasteiger partial charge >= 0.3 is 12.1 Å². The molecule has 0 aromatic heterocycles. The van der Waals surface area contributed by atoms with Crippen LogP contribution in [0, 0.1) is 5.92 Å². The van der Waals surface area contributed by atoms with Gasteiger partial charge in [0.2, 0.25) is 5.91 Å². The highest BCUT2D eigenvalue weighted by molar-refractivity contribution is 5.89. The number of carboxylic acids is 1. The summed E-state index contributed by atoms with van der Waals surface area (Å²) in [4.78, 5) is 39.8. The van der Waals surface area contributed by atoms with Gasteiger partial charge in [0.15, 0.2) is 0 Å². The molecule has 4 rings (SSSR count). The minimum Gasteiger partial charge on any atom is -0.480 e. The minimum absolute atomic E-state index is 0.109. The summed E-state index contributed by atoms with van der Waals surface area (Å²) in [6.45, 7) is 4.25. The Kier molecular flexibility index (Phi) is 8.99. The number of hydrogen-bond donors (Lipinski definition) is 3. The number of nitrogens with one attached hydrogen (secondary N) is 2. The fourth-order valence-electron chi connectivity index (χ4n) is 5.02. The second-order valence-corrected chi connectivity index (χ2v) is 10.3. The van der Waals surface area contributed by atoms with Crippen molar-refractivity contribution in [3.05, 3.63) is 95.6 Å². The first kappa shape index (κ1) is 27.9. The lowest BCUT2D eigenvalue weighted by Gasteiger charge is -2.27. The topological polar surface area (TPSA) is 108 Å². The normalized spacial score (nSPS) is 13.9. The number of carbonyl (C=O) groups excluding carboxylic acids is 2. The lowest BCUT2D eigenvalue weighted by Crippen LogP contribution is -2.56. The predicted molar refractivity (Wildman–Crippen MR) is 149 cm³/mol. The van der Waals surface area contributed by atoms with Gasteiger partial charge in [0.1, 0.15) is 18.7 Å². The standard InChI is InChI=1S/C31H35N3O5/c1-20(2)28(30(36)37)33-29(35)27(18-34(3)17-21-11-5-4-6-12-21)32-31(38)39-19-26-24-15-9-7-13-22(24)23-14-8-10-16-25(23)26/h4-16,20,26-28H,17-19H2,1-3H3,(H,32,38)(H,33,35)(H,36,37)/t27?,28-/m0/s1. The third kappa shape index (κ3) is 6.83. The van der Waals surface area contributed by atoms with Crippen molar-refractivity contribution < 1.29 is 24.2 Å². The fraction of sp³-hybridized carbons (Fsp3) is 0.323. The van der Waals surface area contributed by atoms with Crippen molar-refractivity contribution in [3.63, 3.8) is 0 Å². The Hall–Kier alpha value is -4.17. The molecule has 3 N–H and O–H groups in total. The van der Waals surface area contributed by atoms with Crippen LogP contribution in [0.1, 0.15) is 36.5 Å². The zero-order chi connectivity index (χ0) is 27.9. The average molecular weight is 530 g/mol. The lowest BCUT2D eigenvalue weighted by molar-refractivity contribution is -0.143. The molecule has 8 heteroatoms. The highest BCUT2D eigenvalue weighted by Gasteiger charge is 2.32. The maximum absolute atomic E-state index is 13.2. The molecule has 0 spiro atoms. The third-order valence-electron chi connectivity index (χ3n) is 6.97. The molecule has 0 heterocycles. The van der Waals surface area contributed by atoms with E-state index < -0.39 is 30.1 Å². The molecule has 1 aliphatic carbocycles. The van der Waals surface area contributed by atoms with Crippen molar-refractivity contribution in [2.75, 3.05) is 20.2 Å². The van der Waals surface area contributed by atoms with E-state index in [1.165, 1.54) is 0 Å². The number of nitrogens with zero attached hydrogens (tertiary/aromatic N) is 1. The van der Waals surface area contributed by atoms with Crippen molar-refractivity contribution >= 4 is 18.0 Å². The Morgan fingerprint density at radius 3 is 2.00 bits per heavy atom. The van der Waals surface area contributed by atoms with Gasteiger partial charge in [-0.2, -0.15) is 0 Å². The smallest absolute Gasteiger partial charge is 0.407 e. The van der Waals surface area contributed by atoms with Gasteiger partial charge in [-0.3, -0.25) is 9.69 Å². The maximum atomic E-state index is 13.2. The van der Waals surface area contributed by atoms with E-state index in [0.29, 0.717) is 6.54 Å². The molecule has 1 aliphatic rings. The highest BCUT2D eigenvalue weighted by Crippen LogP contribution is 2.44. The zero-order valence-electron chi connectivity index (χ0n) is 22.5. The Bertz CT molecular complexity index is 1260. The monoisotopic (exact) mass is 529 g/mol. The Balaban J connectivity index is 1.45. The second-order valence-electron chi connectivity index (χ2n) is 10.3. The molecule has 0 fully saturated rings. The lowest BCUT2D eigenvalue weighted by atomic mass is 9.98. The number of ether oxygens (including phenoxy) is 1. The van der Waals surface area contributed by atoms with E-state index in [-0.39, 0.29) is 25.0 Å². The first-order valence-corrected chi connectivity index (χ1v) is 13.1. The van der Waals surface area contributed by atoms with Gasteiger partial charge in [-0.05, 0) is 40.8 Å². The Morgan fingerprint density at radius 1 is 0.872 bits per heavy atom. The molecule has 204 valence electrons. The Labute approximate surface area is 229 Å². The van der Waals surface area contributed by atoms with Crippen LogP contribution in [0.25, 0.3) is 11.1 Å². The number of carbonyl (C=O) groups is 3. The number of hydrogen-bond acceptors (Lipinski definition) is 5. The quantitative estimate of drug-likeness (QED) is 0.343. The first-order chi connectivity index (χ1) is 18.7. The van der Waals surface area contributed by atoms with Crippen LogP contribution in [-0.2, 0) is 20.9 Å². The molecule has 2 atom stereocenters. The van der Waals surface area contributed by atoms with Gasteiger partial charge in [-0.25, -0.2) is 9.59 Å². The molecule has 3 aromatic carbocycles. The van der Waals surface area contributed by atoms with Gasteiger partial charge in [0, 0.05) is 19.0 Å². The summed E-state index contributed by atoms with van der Waals surface area (Å²) in [7, 11) is 1.84. The van der Waals surface area contributed by atoms with Crippen LogP contribution in [0.3, 0.4) is 0 Å². The number of aliphatic carboxylic acids is 1. The Morgan fingerprint density at radius 2 is 1.44 bits per heavy atom. The minimum atomic E-state index is -1.13. The van der Waals surface area contributed by atoms with Crippen LogP contribution >= 0.6 is 0 Å². The van der Waals surface area contributed by atoms with E-state index in [4.69, 9.17) is 4.74 Å². The van der Waals surface area contributed by atoms with Gasteiger partial charge in [-0.1, -0.05) is 92.7 Å². The number of likely N-dealkylation sites (N-methyl/N-ethyl adjacent to an activating group) is 1. The molecule has 39 heavy (non-hydrogen) atoms. The third-order valence-corrected chi connectivity index (χ3v) is 6.97. The predicted octanol–water partition coefficient (Wildman–Crippen LogP) is 4.25. The van der Waals surface area contributed by atoms with E-state index >= 15 is 0 Å². The van der Waals surface area contributed by atoms with E-state index in [1.807, 2.05) is 78.7 Å². The number of alkyl carbamates (subject to hydrolysis) is 1. The summed E-state index contributed by atoms with van der Waals surface area (Å²) in [6.07, 6.45) is -0.735. The van der Waals surface area contributed by atoms with Crippen molar-refractivity contribution in [1.82, 2.24) is 15.5 Å². The van der Waals surface area contributed by atoms with Crippen molar-refractivity contribution in [2.24, 2.45) is 5.92 Å². The van der Waals surface area contributed by atoms with Gasteiger partial charge in [-0.15, -0.1) is 0 Å². The van der Waals surface area contributed by atoms with E-state index in [9.17, 15) is 19.5 Å². The van der Waals surface area contributed by atoms with Gasteiger partial charge in [0.25, 0.3) is 0 Å². The summed E-state index contributed by atoms with van der Waals surface area (Å²) >= 11 is 0. The van der Waals surface area contributed by atoms with E-state index in [0.717, 1.165) is 27.8 Å². The number of rotatable bonds is 11. The maximum Gasteiger partial charge on any atom is 0.407 e. The largest absolute Gasteiger partial charge is 0.480 e. The molecule has 2 amide bonds. The molecule has 0 aliphatic heterocycles. The van der Waals surface area contributed by atoms with Gasteiger partial charge in [0.05, 0.1) is 0 Å². The van der Waals surface area contributed by atoms with Crippen LogP contribution in [0.2, 0.25) is 0 Å². The molecule has 0 radical (unpaired) electrons. The summed E-state index contributed by atoms with van der Waals surface area (Å²) in [5.41, 5.74) is 5.46. The average Bonchev–Trinajstić information content (AvgIpc) is 3.24.